The van der Waals surface area contributed by atoms with Crippen molar-refractivity contribution in [1.82, 2.24) is 15.2 Å². The monoisotopic (exact) mass is 549 g/mol. The van der Waals surface area contributed by atoms with E-state index in [9.17, 15) is 27.9 Å². The van der Waals surface area contributed by atoms with Gasteiger partial charge < -0.3 is 30.2 Å². The number of nitrogens with zero attached hydrogens (tertiary/aromatic N) is 3. The zero-order valence-corrected chi connectivity index (χ0v) is 21.5. The van der Waals surface area contributed by atoms with Gasteiger partial charge in [-0.05, 0) is 45.3 Å². The van der Waals surface area contributed by atoms with Crippen LogP contribution >= 0.6 is 0 Å². The SMILES string of the molecule is CC(C)OC1=C2N=C(C(F)(F)F)C=CC2C(c2nc(C(=O)NC3CCN(C(=O)C4(O)CC4)C3)c(CN)o2)C=C1. The van der Waals surface area contributed by atoms with Crippen molar-refractivity contribution >= 4 is 17.5 Å². The molecule has 2 amide bonds. The quantitative estimate of drug-likeness (QED) is 0.474. The second-order valence-corrected chi connectivity index (χ2v) is 10.5. The number of nitrogens with one attached hydrogen (secondary N) is 1. The van der Waals surface area contributed by atoms with Crippen LogP contribution in [-0.4, -0.2) is 69.5 Å². The van der Waals surface area contributed by atoms with Crippen molar-refractivity contribution in [1.29, 1.82) is 0 Å². The third-order valence-corrected chi connectivity index (χ3v) is 7.10. The van der Waals surface area contributed by atoms with Gasteiger partial charge in [0, 0.05) is 25.0 Å². The molecule has 1 aromatic rings. The van der Waals surface area contributed by atoms with Crippen LogP contribution in [0.25, 0.3) is 0 Å². The Morgan fingerprint density at radius 3 is 2.64 bits per heavy atom. The average Bonchev–Trinajstić information content (AvgIpc) is 3.27. The number of likely N-dealkylation sites (tertiary alicyclic amines) is 1. The van der Waals surface area contributed by atoms with Gasteiger partial charge in [-0.1, -0.05) is 12.2 Å². The predicted octanol–water partition coefficient (Wildman–Crippen LogP) is 2.47. The third-order valence-electron chi connectivity index (χ3n) is 7.10. The molecule has 39 heavy (non-hydrogen) atoms. The van der Waals surface area contributed by atoms with Crippen LogP contribution in [0.2, 0.25) is 0 Å². The van der Waals surface area contributed by atoms with Gasteiger partial charge in [-0.3, -0.25) is 9.59 Å². The normalized spacial score (nSPS) is 25.6. The molecule has 2 aliphatic heterocycles. The second kappa shape index (κ2) is 9.94. The average molecular weight is 550 g/mol. The maximum absolute atomic E-state index is 13.4. The molecule has 4 N–H and O–H groups in total. The molecule has 1 saturated carbocycles. The first-order valence-electron chi connectivity index (χ1n) is 12.8. The van der Waals surface area contributed by atoms with E-state index in [4.69, 9.17) is 14.9 Å². The van der Waals surface area contributed by atoms with Crippen LogP contribution in [-0.2, 0) is 16.1 Å². The van der Waals surface area contributed by atoms with Crippen molar-refractivity contribution in [3.05, 3.63) is 53.1 Å². The predicted molar refractivity (Wildman–Crippen MR) is 132 cm³/mol. The number of nitrogens with two attached hydrogens (primary N) is 1. The Morgan fingerprint density at radius 1 is 1.28 bits per heavy atom. The van der Waals surface area contributed by atoms with Gasteiger partial charge in [0.05, 0.1) is 24.3 Å². The van der Waals surface area contributed by atoms with E-state index < -0.39 is 35.2 Å². The first-order chi connectivity index (χ1) is 18.4. The van der Waals surface area contributed by atoms with E-state index in [0.717, 1.165) is 6.08 Å². The summed E-state index contributed by atoms with van der Waals surface area (Å²) >= 11 is 0. The number of ether oxygens (including phenoxy) is 1. The molecule has 0 radical (unpaired) electrons. The summed E-state index contributed by atoms with van der Waals surface area (Å²) in [4.78, 5) is 35.3. The molecule has 3 unspecified atom stereocenters. The lowest BCUT2D eigenvalue weighted by Gasteiger charge is -2.29. The lowest BCUT2D eigenvalue weighted by atomic mass is 9.83. The second-order valence-electron chi connectivity index (χ2n) is 10.5. The van der Waals surface area contributed by atoms with Crippen LogP contribution in [0.4, 0.5) is 13.2 Å². The summed E-state index contributed by atoms with van der Waals surface area (Å²) in [5.41, 5.74) is 3.58. The Bertz CT molecular complexity index is 1290. The molecule has 1 saturated heterocycles. The molecule has 3 atom stereocenters. The highest BCUT2D eigenvalue weighted by atomic mass is 19.4. The van der Waals surface area contributed by atoms with Gasteiger partial charge in [-0.15, -0.1) is 0 Å². The van der Waals surface area contributed by atoms with Gasteiger partial charge >= 0.3 is 6.18 Å². The highest BCUT2D eigenvalue weighted by Crippen LogP contribution is 2.42. The van der Waals surface area contributed by atoms with Gasteiger partial charge in [0.1, 0.15) is 17.1 Å². The lowest BCUT2D eigenvalue weighted by Crippen LogP contribution is -2.42. The minimum Gasteiger partial charge on any atom is -0.489 e. The van der Waals surface area contributed by atoms with E-state index in [1.807, 2.05) is 0 Å². The molecule has 0 spiro atoms. The maximum atomic E-state index is 13.4. The molecule has 0 bridgehead atoms. The molecule has 2 aliphatic carbocycles. The molecule has 1 aromatic heterocycles. The Balaban J connectivity index is 1.35. The number of alkyl halides is 3. The minimum absolute atomic E-state index is 0.0273. The first-order valence-corrected chi connectivity index (χ1v) is 12.8. The van der Waals surface area contributed by atoms with Crippen LogP contribution in [0.5, 0.6) is 0 Å². The van der Waals surface area contributed by atoms with Crippen LogP contribution in [0.3, 0.4) is 0 Å². The number of carbonyl (C=O) groups excluding carboxylic acids is 2. The number of amides is 2. The molecule has 4 aliphatic rings. The summed E-state index contributed by atoms with van der Waals surface area (Å²) in [7, 11) is 0. The summed E-state index contributed by atoms with van der Waals surface area (Å²) in [6, 6.07) is -0.342. The summed E-state index contributed by atoms with van der Waals surface area (Å²) in [6.07, 6.45) is 2.01. The van der Waals surface area contributed by atoms with E-state index in [1.165, 1.54) is 12.2 Å². The van der Waals surface area contributed by atoms with E-state index in [-0.39, 0.29) is 59.9 Å². The zero-order chi connectivity index (χ0) is 28.1. The number of oxazole rings is 1. The van der Waals surface area contributed by atoms with E-state index in [2.05, 4.69) is 15.3 Å². The first kappa shape index (κ1) is 27.1. The van der Waals surface area contributed by atoms with Gasteiger partial charge in [0.25, 0.3) is 11.8 Å². The number of aromatic nitrogens is 1. The highest BCUT2D eigenvalue weighted by molar-refractivity contribution is 6.01. The number of aliphatic hydroxyl groups is 1. The van der Waals surface area contributed by atoms with Crippen molar-refractivity contribution in [2.75, 3.05) is 13.1 Å². The fourth-order valence-electron chi connectivity index (χ4n) is 4.95. The number of dihydropyridines is 1. The third kappa shape index (κ3) is 5.37. The van der Waals surface area contributed by atoms with Crippen LogP contribution in [0.15, 0.2) is 45.2 Å². The van der Waals surface area contributed by atoms with Crippen molar-refractivity contribution in [3.63, 3.8) is 0 Å². The van der Waals surface area contributed by atoms with E-state index in [1.54, 1.807) is 24.8 Å². The summed E-state index contributed by atoms with van der Waals surface area (Å²) < 4.78 is 51.8. The number of carbonyl (C=O) groups is 2. The molecule has 13 heteroatoms. The Kier molecular flexibility index (Phi) is 6.91. The number of halogens is 3. The van der Waals surface area contributed by atoms with Crippen molar-refractivity contribution < 1.29 is 37.0 Å². The number of aliphatic imine (C=N–C) groups is 1. The van der Waals surface area contributed by atoms with Crippen molar-refractivity contribution in [2.45, 2.75) is 69.5 Å². The van der Waals surface area contributed by atoms with Crippen LogP contribution in [0.1, 0.15) is 61.2 Å². The summed E-state index contributed by atoms with van der Waals surface area (Å²) in [6.45, 7) is 4.07. The molecule has 3 heterocycles. The maximum Gasteiger partial charge on any atom is 0.433 e. The smallest absolute Gasteiger partial charge is 0.433 e. The Labute approximate surface area is 222 Å². The number of hydrogen-bond acceptors (Lipinski definition) is 8. The van der Waals surface area contributed by atoms with Crippen LogP contribution in [0, 0.1) is 5.92 Å². The minimum atomic E-state index is -4.63. The fraction of sp³-hybridized carbons (Fsp3) is 0.538. The molecule has 10 nitrogen and oxygen atoms in total. The summed E-state index contributed by atoms with van der Waals surface area (Å²) in [5, 5.41) is 12.9. The zero-order valence-electron chi connectivity index (χ0n) is 21.5. The molecular weight excluding hydrogens is 519 g/mol. The number of hydrogen-bond donors (Lipinski definition) is 3. The molecule has 0 aromatic carbocycles. The van der Waals surface area contributed by atoms with Crippen molar-refractivity contribution in [3.8, 4) is 0 Å². The number of allylic oxidation sites excluding steroid dienone is 4. The lowest BCUT2D eigenvalue weighted by molar-refractivity contribution is -0.141. The topological polar surface area (TPSA) is 143 Å². The molecular formula is C26H30F3N5O5. The number of rotatable bonds is 7. The fourth-order valence-corrected chi connectivity index (χ4v) is 4.95. The Hall–Kier alpha value is -3.45. The van der Waals surface area contributed by atoms with Gasteiger partial charge in [-0.25, -0.2) is 9.98 Å². The standard InChI is InChI=1S/C26H30F3N5O5/c1-13(2)38-17-5-3-16(15-4-6-19(26(27,28)29)32-20(15)17)23-33-21(18(11-30)39-23)22(35)31-14-7-10-34(12-14)24(36)25(37)8-9-25/h3-6,13-16,37H,7-12,30H2,1-2H3,(H,31,35). The molecule has 2 fully saturated rings. The van der Waals surface area contributed by atoms with Crippen LogP contribution < -0.4 is 11.1 Å². The highest BCUT2D eigenvalue weighted by Gasteiger charge is 2.51. The molecule has 210 valence electrons. The summed E-state index contributed by atoms with van der Waals surface area (Å²) in [5.74, 6) is -1.72. The van der Waals surface area contributed by atoms with E-state index >= 15 is 0 Å². The van der Waals surface area contributed by atoms with E-state index in [0.29, 0.717) is 25.8 Å². The Morgan fingerprint density at radius 2 is 2.00 bits per heavy atom. The molecule has 5 rings (SSSR count). The largest absolute Gasteiger partial charge is 0.489 e. The van der Waals surface area contributed by atoms with Gasteiger partial charge in [0.2, 0.25) is 5.89 Å². The van der Waals surface area contributed by atoms with Gasteiger partial charge in [-0.2, -0.15) is 13.2 Å². The van der Waals surface area contributed by atoms with Crippen molar-refractivity contribution in [2.24, 2.45) is 16.6 Å². The van der Waals surface area contributed by atoms with Gasteiger partial charge in [0.15, 0.2) is 11.5 Å². The number of fused-ring (bicyclic) bond motifs is 1.